The van der Waals surface area contributed by atoms with Crippen molar-refractivity contribution in [3.8, 4) is 11.5 Å². The molecule has 0 atom stereocenters. The van der Waals surface area contributed by atoms with E-state index < -0.39 is 0 Å². The molecule has 2 aromatic carbocycles. The van der Waals surface area contributed by atoms with Crippen molar-refractivity contribution in [3.05, 3.63) is 83.6 Å². The smallest absolute Gasteiger partial charge is 0.257 e. The van der Waals surface area contributed by atoms with Crippen LogP contribution in [0.2, 0.25) is 5.15 Å². The molecule has 0 radical (unpaired) electrons. The fourth-order valence-electron chi connectivity index (χ4n) is 1.98. The molecular weight excluding hydrogens is 312 g/mol. The van der Waals surface area contributed by atoms with E-state index in [9.17, 15) is 4.79 Å². The Hall–Kier alpha value is -2.85. The van der Waals surface area contributed by atoms with Gasteiger partial charge in [0.2, 0.25) is 0 Å². The second-order valence-electron chi connectivity index (χ2n) is 4.73. The van der Waals surface area contributed by atoms with E-state index in [4.69, 9.17) is 16.3 Å². The molecule has 23 heavy (non-hydrogen) atoms. The average molecular weight is 325 g/mol. The fourth-order valence-corrected chi connectivity index (χ4v) is 2.09. The van der Waals surface area contributed by atoms with Crippen molar-refractivity contribution >= 4 is 23.2 Å². The average Bonchev–Trinajstić information content (AvgIpc) is 2.58. The topological polar surface area (TPSA) is 51.2 Å². The summed E-state index contributed by atoms with van der Waals surface area (Å²) in [6, 6.07) is 19.8. The maximum atomic E-state index is 12.3. The van der Waals surface area contributed by atoms with E-state index in [2.05, 4.69) is 10.3 Å². The molecule has 0 aliphatic rings. The third-order valence-corrected chi connectivity index (χ3v) is 3.32. The number of amides is 1. The molecule has 0 unspecified atom stereocenters. The van der Waals surface area contributed by atoms with Gasteiger partial charge in [-0.05, 0) is 36.4 Å². The maximum Gasteiger partial charge on any atom is 0.257 e. The monoisotopic (exact) mass is 324 g/mol. The molecule has 0 saturated carbocycles. The quantitative estimate of drug-likeness (QED) is 0.703. The number of aromatic nitrogens is 1. The van der Waals surface area contributed by atoms with E-state index >= 15 is 0 Å². The van der Waals surface area contributed by atoms with E-state index in [0.29, 0.717) is 27.9 Å². The van der Waals surface area contributed by atoms with Gasteiger partial charge in [0.1, 0.15) is 10.9 Å². The number of nitrogens with one attached hydrogen (secondary N) is 1. The first-order chi connectivity index (χ1) is 11.2. The Morgan fingerprint density at radius 1 is 0.957 bits per heavy atom. The van der Waals surface area contributed by atoms with Crippen molar-refractivity contribution < 1.29 is 9.53 Å². The van der Waals surface area contributed by atoms with Gasteiger partial charge < -0.3 is 10.1 Å². The first-order valence-electron chi connectivity index (χ1n) is 6.97. The summed E-state index contributed by atoms with van der Waals surface area (Å²) in [4.78, 5) is 16.2. The highest BCUT2D eigenvalue weighted by atomic mass is 35.5. The summed E-state index contributed by atoms with van der Waals surface area (Å²) in [6.45, 7) is 0. The van der Waals surface area contributed by atoms with Crippen LogP contribution in [0.4, 0.5) is 5.69 Å². The molecule has 4 nitrogen and oxygen atoms in total. The fraction of sp³-hybridized carbons (Fsp3) is 0. The number of anilines is 1. The predicted molar refractivity (Wildman–Crippen MR) is 90.2 cm³/mol. The number of halogens is 1. The normalized spacial score (nSPS) is 10.1. The number of para-hydroxylation sites is 3. The molecule has 0 aliphatic heterocycles. The van der Waals surface area contributed by atoms with Gasteiger partial charge in [-0.1, -0.05) is 41.9 Å². The predicted octanol–water partition coefficient (Wildman–Crippen LogP) is 4.78. The number of hydrogen-bond donors (Lipinski definition) is 1. The van der Waals surface area contributed by atoms with Gasteiger partial charge in [0.25, 0.3) is 5.91 Å². The van der Waals surface area contributed by atoms with Crippen LogP contribution in [0.5, 0.6) is 11.5 Å². The number of carbonyl (C=O) groups is 1. The lowest BCUT2D eigenvalue weighted by Gasteiger charge is -2.12. The number of hydrogen-bond acceptors (Lipinski definition) is 3. The molecule has 0 bridgehead atoms. The molecule has 1 amide bonds. The summed E-state index contributed by atoms with van der Waals surface area (Å²) in [5.41, 5.74) is 1.00. The molecule has 1 N–H and O–H groups in total. The van der Waals surface area contributed by atoms with Crippen LogP contribution in [0, 0.1) is 0 Å². The van der Waals surface area contributed by atoms with Gasteiger partial charge in [-0.25, -0.2) is 4.98 Å². The third kappa shape index (κ3) is 3.87. The van der Waals surface area contributed by atoms with Gasteiger partial charge in [-0.15, -0.1) is 0 Å². The largest absolute Gasteiger partial charge is 0.455 e. The SMILES string of the molecule is O=C(Nc1ccccc1Oc1ccccc1)c1ccc(Cl)nc1. The van der Waals surface area contributed by atoms with Gasteiger partial charge in [0, 0.05) is 6.20 Å². The molecule has 3 aromatic rings. The van der Waals surface area contributed by atoms with E-state index in [1.807, 2.05) is 42.5 Å². The minimum Gasteiger partial charge on any atom is -0.455 e. The van der Waals surface area contributed by atoms with E-state index in [-0.39, 0.29) is 5.91 Å². The van der Waals surface area contributed by atoms with Crippen molar-refractivity contribution in [2.75, 3.05) is 5.32 Å². The molecule has 3 rings (SSSR count). The molecular formula is C18H13ClN2O2. The van der Waals surface area contributed by atoms with E-state index in [1.165, 1.54) is 6.20 Å². The van der Waals surface area contributed by atoms with Gasteiger partial charge in [-0.2, -0.15) is 0 Å². The summed E-state index contributed by atoms with van der Waals surface area (Å²) in [5.74, 6) is 0.981. The molecule has 5 heteroatoms. The zero-order valence-corrected chi connectivity index (χ0v) is 12.8. The third-order valence-electron chi connectivity index (χ3n) is 3.10. The highest BCUT2D eigenvalue weighted by Gasteiger charge is 2.10. The van der Waals surface area contributed by atoms with Crippen molar-refractivity contribution in [3.63, 3.8) is 0 Å². The number of ether oxygens (including phenoxy) is 1. The van der Waals surface area contributed by atoms with Crippen LogP contribution in [0.25, 0.3) is 0 Å². The summed E-state index contributed by atoms with van der Waals surface area (Å²) in [5, 5.41) is 3.16. The van der Waals surface area contributed by atoms with Crippen LogP contribution in [0.1, 0.15) is 10.4 Å². The van der Waals surface area contributed by atoms with Crippen LogP contribution in [-0.2, 0) is 0 Å². The summed E-state index contributed by atoms with van der Waals surface area (Å²) in [7, 11) is 0. The second kappa shape index (κ2) is 6.94. The Balaban J connectivity index is 1.80. The van der Waals surface area contributed by atoms with Gasteiger partial charge >= 0.3 is 0 Å². The zero-order valence-electron chi connectivity index (χ0n) is 12.1. The lowest BCUT2D eigenvalue weighted by molar-refractivity contribution is 0.102. The number of pyridine rings is 1. The Kier molecular flexibility index (Phi) is 4.54. The standard InChI is InChI=1S/C18H13ClN2O2/c19-17-11-10-13(12-20-17)18(22)21-15-8-4-5-9-16(15)23-14-6-2-1-3-7-14/h1-12H,(H,21,22). The van der Waals surface area contributed by atoms with Crippen LogP contribution in [-0.4, -0.2) is 10.9 Å². The van der Waals surface area contributed by atoms with Crippen LogP contribution < -0.4 is 10.1 Å². The Morgan fingerprint density at radius 3 is 2.43 bits per heavy atom. The molecule has 114 valence electrons. The van der Waals surface area contributed by atoms with Crippen molar-refractivity contribution in [1.29, 1.82) is 0 Å². The number of nitrogens with zero attached hydrogens (tertiary/aromatic N) is 1. The highest BCUT2D eigenvalue weighted by Crippen LogP contribution is 2.29. The summed E-state index contributed by atoms with van der Waals surface area (Å²) >= 11 is 5.73. The van der Waals surface area contributed by atoms with E-state index in [0.717, 1.165) is 0 Å². The summed E-state index contributed by atoms with van der Waals surface area (Å²) in [6.07, 6.45) is 1.43. The highest BCUT2D eigenvalue weighted by molar-refractivity contribution is 6.29. The molecule has 0 saturated heterocycles. The molecule has 1 heterocycles. The number of rotatable bonds is 4. The van der Waals surface area contributed by atoms with Crippen LogP contribution >= 0.6 is 11.6 Å². The van der Waals surface area contributed by atoms with E-state index in [1.54, 1.807) is 24.3 Å². The first kappa shape index (κ1) is 15.1. The van der Waals surface area contributed by atoms with Crippen molar-refractivity contribution in [2.24, 2.45) is 0 Å². The van der Waals surface area contributed by atoms with Crippen molar-refractivity contribution in [2.45, 2.75) is 0 Å². The van der Waals surface area contributed by atoms with Gasteiger partial charge in [0.05, 0.1) is 11.3 Å². The first-order valence-corrected chi connectivity index (χ1v) is 7.35. The number of benzene rings is 2. The molecule has 0 spiro atoms. The minimum absolute atomic E-state index is 0.279. The van der Waals surface area contributed by atoms with Gasteiger partial charge in [0.15, 0.2) is 5.75 Å². The van der Waals surface area contributed by atoms with Gasteiger partial charge in [-0.3, -0.25) is 4.79 Å². The summed E-state index contributed by atoms with van der Waals surface area (Å²) < 4.78 is 5.81. The zero-order chi connectivity index (χ0) is 16.1. The molecule has 0 aliphatic carbocycles. The Bertz CT molecular complexity index is 805. The lowest BCUT2D eigenvalue weighted by Crippen LogP contribution is -2.12. The maximum absolute atomic E-state index is 12.3. The van der Waals surface area contributed by atoms with Crippen LogP contribution in [0.15, 0.2) is 72.9 Å². The minimum atomic E-state index is -0.279. The lowest BCUT2D eigenvalue weighted by atomic mass is 10.2. The number of carbonyl (C=O) groups excluding carboxylic acids is 1. The Labute approximate surface area is 138 Å². The van der Waals surface area contributed by atoms with Crippen molar-refractivity contribution in [1.82, 2.24) is 4.98 Å². The molecule has 1 aromatic heterocycles. The van der Waals surface area contributed by atoms with Crippen LogP contribution in [0.3, 0.4) is 0 Å². The second-order valence-corrected chi connectivity index (χ2v) is 5.12. The Morgan fingerprint density at radius 2 is 1.70 bits per heavy atom. The molecule has 0 fully saturated rings.